The van der Waals surface area contributed by atoms with E-state index in [0.29, 0.717) is 12.6 Å². The zero-order chi connectivity index (χ0) is 15.7. The number of rotatable bonds is 3. The Morgan fingerprint density at radius 3 is 2.45 bits per heavy atom. The molecular weight excluding hydrogens is 385 g/mol. The van der Waals surface area contributed by atoms with Crippen LogP contribution < -0.4 is 0 Å². The number of carbonyl (C=O) groups excluding carboxylic acids is 1. The van der Waals surface area contributed by atoms with Crippen molar-refractivity contribution in [2.75, 3.05) is 13.6 Å². The maximum atomic E-state index is 12.7. The van der Waals surface area contributed by atoms with Crippen molar-refractivity contribution in [3.8, 4) is 0 Å². The van der Waals surface area contributed by atoms with Crippen molar-refractivity contribution in [2.24, 2.45) is 0 Å². The van der Waals surface area contributed by atoms with Crippen LogP contribution in [-0.2, 0) is 13.0 Å². The van der Waals surface area contributed by atoms with Gasteiger partial charge in [-0.2, -0.15) is 0 Å². The number of halogens is 1. The maximum Gasteiger partial charge on any atom is 0.216 e. The SMILES string of the molecule is C[C@H]1Cc2ccccc2C[N@@+]1(C)CC(=O)c1ccc(I)cc1. The van der Waals surface area contributed by atoms with E-state index in [1.807, 2.05) is 24.3 Å². The standard InChI is InChI=1S/C19H21INO/c1-14-11-16-5-3-4-6-17(16)12-21(14,2)13-19(22)15-7-9-18(20)10-8-15/h3-10,14H,11-13H2,1-2H3/q+1/t14-,21-/m0/s1. The first-order valence-electron chi connectivity index (χ1n) is 7.68. The third kappa shape index (κ3) is 3.10. The predicted octanol–water partition coefficient (Wildman–Crippen LogP) is 4.07. The van der Waals surface area contributed by atoms with Gasteiger partial charge >= 0.3 is 0 Å². The highest BCUT2D eigenvalue weighted by Gasteiger charge is 2.36. The van der Waals surface area contributed by atoms with Crippen LogP contribution in [0, 0.1) is 3.57 Å². The third-order valence-corrected chi connectivity index (χ3v) is 5.62. The van der Waals surface area contributed by atoms with Gasteiger partial charge in [0.2, 0.25) is 5.78 Å². The minimum absolute atomic E-state index is 0.241. The smallest absolute Gasteiger partial charge is 0.216 e. The molecule has 0 aliphatic carbocycles. The monoisotopic (exact) mass is 406 g/mol. The van der Waals surface area contributed by atoms with E-state index in [0.717, 1.165) is 26.6 Å². The van der Waals surface area contributed by atoms with Gasteiger partial charge in [0.25, 0.3) is 0 Å². The summed E-state index contributed by atoms with van der Waals surface area (Å²) in [7, 11) is 2.21. The van der Waals surface area contributed by atoms with Crippen LogP contribution in [0.3, 0.4) is 0 Å². The number of nitrogens with zero attached hydrogens (tertiary/aromatic N) is 1. The third-order valence-electron chi connectivity index (χ3n) is 4.90. The van der Waals surface area contributed by atoms with Crippen LogP contribution >= 0.6 is 22.6 Å². The van der Waals surface area contributed by atoms with Gasteiger partial charge < -0.3 is 4.48 Å². The molecule has 0 fully saturated rings. The molecule has 1 aliphatic rings. The largest absolute Gasteiger partial charge is 0.313 e. The Bertz CT molecular complexity index is 695. The number of hydrogen-bond acceptors (Lipinski definition) is 1. The lowest BCUT2D eigenvalue weighted by molar-refractivity contribution is -0.938. The lowest BCUT2D eigenvalue weighted by atomic mass is 9.92. The van der Waals surface area contributed by atoms with Crippen molar-refractivity contribution in [3.63, 3.8) is 0 Å². The van der Waals surface area contributed by atoms with Crippen LogP contribution in [0.2, 0.25) is 0 Å². The molecule has 1 aliphatic heterocycles. The van der Waals surface area contributed by atoms with Gasteiger partial charge in [0.05, 0.1) is 13.1 Å². The van der Waals surface area contributed by atoms with Gasteiger partial charge in [0.15, 0.2) is 0 Å². The molecule has 0 saturated heterocycles. The Hall–Kier alpha value is -1.20. The zero-order valence-corrected chi connectivity index (χ0v) is 15.2. The number of fused-ring (bicyclic) bond motifs is 1. The molecule has 0 radical (unpaired) electrons. The molecule has 3 heteroatoms. The van der Waals surface area contributed by atoms with E-state index in [2.05, 4.69) is 60.8 Å². The first-order valence-corrected chi connectivity index (χ1v) is 8.75. The summed E-state index contributed by atoms with van der Waals surface area (Å²) in [5.74, 6) is 0.241. The molecule has 1 heterocycles. The Balaban J connectivity index is 1.82. The molecule has 114 valence electrons. The molecule has 0 spiro atoms. The van der Waals surface area contributed by atoms with E-state index in [4.69, 9.17) is 0 Å². The molecule has 0 saturated carbocycles. The summed E-state index contributed by atoms with van der Waals surface area (Å²) < 4.78 is 1.96. The lowest BCUT2D eigenvalue weighted by Crippen LogP contribution is -2.56. The van der Waals surface area contributed by atoms with Crippen LogP contribution in [0.4, 0.5) is 0 Å². The molecule has 22 heavy (non-hydrogen) atoms. The predicted molar refractivity (Wildman–Crippen MR) is 97.9 cm³/mol. The summed E-state index contributed by atoms with van der Waals surface area (Å²) in [5.41, 5.74) is 3.65. The number of hydrogen-bond donors (Lipinski definition) is 0. The van der Waals surface area contributed by atoms with Crippen LogP contribution in [-0.4, -0.2) is 29.9 Å². The van der Waals surface area contributed by atoms with Crippen molar-refractivity contribution in [2.45, 2.75) is 25.9 Å². The average molecular weight is 406 g/mol. The second kappa shape index (κ2) is 6.13. The van der Waals surface area contributed by atoms with Crippen molar-refractivity contribution in [1.29, 1.82) is 0 Å². The quantitative estimate of drug-likeness (QED) is 0.427. The van der Waals surface area contributed by atoms with E-state index in [9.17, 15) is 4.79 Å². The highest BCUT2D eigenvalue weighted by atomic mass is 127. The Morgan fingerprint density at radius 2 is 1.77 bits per heavy atom. The maximum absolute atomic E-state index is 12.7. The molecule has 0 N–H and O–H groups in total. The minimum atomic E-state index is 0.241. The number of likely N-dealkylation sites (N-methyl/N-ethyl adjacent to an activating group) is 1. The van der Waals surface area contributed by atoms with Crippen LogP contribution in [0.15, 0.2) is 48.5 Å². The van der Waals surface area contributed by atoms with E-state index in [1.165, 1.54) is 11.1 Å². The number of quaternary nitrogens is 1. The Labute approximate surface area is 145 Å². The minimum Gasteiger partial charge on any atom is -0.313 e. The van der Waals surface area contributed by atoms with E-state index >= 15 is 0 Å². The van der Waals surface area contributed by atoms with Gasteiger partial charge in [0.1, 0.15) is 13.1 Å². The average Bonchev–Trinajstić information content (AvgIpc) is 2.49. The van der Waals surface area contributed by atoms with Crippen LogP contribution in [0.1, 0.15) is 28.4 Å². The molecule has 3 rings (SSSR count). The van der Waals surface area contributed by atoms with Gasteiger partial charge in [-0.15, -0.1) is 0 Å². The number of Topliss-reactive ketones (excluding diaryl/α,β-unsaturated/α-hetero) is 1. The topological polar surface area (TPSA) is 17.1 Å². The summed E-state index contributed by atoms with van der Waals surface area (Å²) in [6.45, 7) is 3.76. The molecule has 0 amide bonds. The second-order valence-corrected chi connectivity index (χ2v) is 7.79. The fourth-order valence-electron chi connectivity index (χ4n) is 3.26. The first-order chi connectivity index (χ1) is 10.5. The summed E-state index contributed by atoms with van der Waals surface area (Å²) in [5, 5.41) is 0. The Morgan fingerprint density at radius 1 is 1.14 bits per heavy atom. The lowest BCUT2D eigenvalue weighted by Gasteiger charge is -2.43. The summed E-state index contributed by atoms with van der Waals surface area (Å²) in [4.78, 5) is 12.7. The molecular formula is C19H21INO+. The van der Waals surface area contributed by atoms with E-state index in [-0.39, 0.29) is 5.78 Å². The first kappa shape index (κ1) is 15.7. The fourth-order valence-corrected chi connectivity index (χ4v) is 3.62. The summed E-state index contributed by atoms with van der Waals surface area (Å²) in [6, 6.07) is 17.0. The van der Waals surface area contributed by atoms with Crippen molar-refractivity contribution >= 4 is 28.4 Å². The van der Waals surface area contributed by atoms with Crippen molar-refractivity contribution in [1.82, 2.24) is 0 Å². The van der Waals surface area contributed by atoms with Gasteiger partial charge in [-0.05, 0) is 47.2 Å². The second-order valence-electron chi connectivity index (χ2n) is 6.55. The van der Waals surface area contributed by atoms with Crippen LogP contribution in [0.25, 0.3) is 0 Å². The molecule has 0 unspecified atom stereocenters. The summed E-state index contributed by atoms with van der Waals surface area (Å²) in [6.07, 6.45) is 1.05. The molecule has 2 nitrogen and oxygen atoms in total. The highest BCUT2D eigenvalue weighted by molar-refractivity contribution is 14.1. The number of benzene rings is 2. The van der Waals surface area contributed by atoms with Crippen molar-refractivity contribution < 1.29 is 9.28 Å². The molecule has 0 aromatic heterocycles. The zero-order valence-electron chi connectivity index (χ0n) is 13.1. The van der Waals surface area contributed by atoms with Gasteiger partial charge in [-0.3, -0.25) is 4.79 Å². The summed E-state index contributed by atoms with van der Waals surface area (Å²) >= 11 is 2.27. The molecule has 2 aromatic carbocycles. The highest BCUT2D eigenvalue weighted by Crippen LogP contribution is 2.28. The van der Waals surface area contributed by atoms with E-state index < -0.39 is 0 Å². The molecule has 2 atom stereocenters. The van der Waals surface area contributed by atoms with E-state index in [1.54, 1.807) is 0 Å². The van der Waals surface area contributed by atoms with Crippen molar-refractivity contribution in [3.05, 3.63) is 68.8 Å². The fraction of sp³-hybridized carbons (Fsp3) is 0.316. The van der Waals surface area contributed by atoms with Crippen LogP contribution in [0.5, 0.6) is 0 Å². The normalized spacial score (nSPS) is 23.9. The molecule has 0 bridgehead atoms. The number of carbonyl (C=O) groups is 1. The van der Waals surface area contributed by atoms with Gasteiger partial charge in [0, 0.05) is 21.1 Å². The Kier molecular flexibility index (Phi) is 4.37. The van der Waals surface area contributed by atoms with Gasteiger partial charge in [-0.1, -0.05) is 36.4 Å². The van der Waals surface area contributed by atoms with Gasteiger partial charge in [-0.25, -0.2) is 0 Å². The molecule has 2 aromatic rings. The number of ketones is 1.